The second-order valence-corrected chi connectivity index (χ2v) is 8.06. The van der Waals surface area contributed by atoms with Crippen molar-refractivity contribution in [3.8, 4) is 11.3 Å². The molecule has 1 fully saturated rings. The minimum absolute atomic E-state index is 0.0830. The van der Waals surface area contributed by atoms with Gasteiger partial charge in [-0.15, -0.1) is 0 Å². The van der Waals surface area contributed by atoms with E-state index in [9.17, 15) is 14.4 Å². The first-order chi connectivity index (χ1) is 15.4. The van der Waals surface area contributed by atoms with Gasteiger partial charge >= 0.3 is 5.69 Å². The Hall–Kier alpha value is -3.95. The molecule has 0 radical (unpaired) electrons. The number of benzene rings is 1. The van der Waals surface area contributed by atoms with E-state index in [0.717, 1.165) is 23.0 Å². The highest BCUT2D eigenvalue weighted by molar-refractivity contribution is 5.93. The fourth-order valence-corrected chi connectivity index (χ4v) is 4.20. The van der Waals surface area contributed by atoms with Gasteiger partial charge in [-0.05, 0) is 12.8 Å². The van der Waals surface area contributed by atoms with Crippen LogP contribution < -0.4 is 11.2 Å². The van der Waals surface area contributed by atoms with Crippen LogP contribution in [0.5, 0.6) is 0 Å². The Labute approximate surface area is 182 Å². The van der Waals surface area contributed by atoms with Crippen LogP contribution in [0, 0.1) is 0 Å². The molecule has 0 spiro atoms. The van der Waals surface area contributed by atoms with Crippen molar-refractivity contribution in [2.24, 2.45) is 14.1 Å². The third kappa shape index (κ3) is 3.24. The van der Waals surface area contributed by atoms with Crippen molar-refractivity contribution in [2.45, 2.75) is 18.8 Å². The minimum Gasteiger partial charge on any atom is -0.355 e. The Balaban J connectivity index is 1.40. The largest absolute Gasteiger partial charge is 0.355 e. The van der Waals surface area contributed by atoms with E-state index in [4.69, 9.17) is 4.52 Å². The van der Waals surface area contributed by atoms with Gasteiger partial charge in [0.05, 0.1) is 0 Å². The summed E-state index contributed by atoms with van der Waals surface area (Å²) in [6.07, 6.45) is 1.60. The zero-order chi connectivity index (χ0) is 22.4. The number of fused-ring (bicyclic) bond motifs is 1. The highest BCUT2D eigenvalue weighted by Gasteiger charge is 2.29. The Bertz CT molecular complexity index is 1430. The molecule has 10 heteroatoms. The fraction of sp³-hybridized carbons (Fsp3) is 0.318. The number of aryl methyl sites for hydroxylation is 1. The number of carbonyl (C=O) groups excluding carboxylic acids is 1. The molecule has 0 saturated carbocycles. The molecule has 32 heavy (non-hydrogen) atoms. The topological polar surface area (TPSA) is 119 Å². The van der Waals surface area contributed by atoms with Gasteiger partial charge in [-0.25, -0.2) is 9.78 Å². The second-order valence-electron chi connectivity index (χ2n) is 8.06. The molecule has 1 saturated heterocycles. The van der Waals surface area contributed by atoms with E-state index in [1.165, 1.54) is 11.6 Å². The monoisotopic (exact) mass is 434 g/mol. The van der Waals surface area contributed by atoms with Crippen molar-refractivity contribution >= 4 is 17.1 Å². The lowest BCUT2D eigenvalue weighted by Gasteiger charge is -2.31. The average molecular weight is 434 g/mol. The minimum atomic E-state index is -0.429. The van der Waals surface area contributed by atoms with Gasteiger partial charge in [0, 0.05) is 44.7 Å². The second kappa shape index (κ2) is 7.63. The number of rotatable bonds is 3. The molecule has 1 unspecified atom stereocenters. The molecule has 1 aromatic carbocycles. The van der Waals surface area contributed by atoms with Crippen molar-refractivity contribution in [1.82, 2.24) is 29.2 Å². The third-order valence-corrected chi connectivity index (χ3v) is 6.00. The number of nitrogens with one attached hydrogen (secondary N) is 1. The molecular formula is C22H22N6O4. The maximum absolute atomic E-state index is 13.1. The first-order valence-corrected chi connectivity index (χ1v) is 10.4. The van der Waals surface area contributed by atoms with Gasteiger partial charge in [0.1, 0.15) is 11.3 Å². The van der Waals surface area contributed by atoms with Crippen LogP contribution in [0.15, 0.2) is 50.5 Å². The molecular weight excluding hydrogens is 412 g/mol. The summed E-state index contributed by atoms with van der Waals surface area (Å²) in [5.74, 6) is 0.845. The van der Waals surface area contributed by atoms with Crippen LogP contribution in [-0.4, -0.2) is 48.2 Å². The van der Waals surface area contributed by atoms with Crippen molar-refractivity contribution in [3.05, 3.63) is 68.8 Å². The molecule has 1 aliphatic heterocycles. The lowest BCUT2D eigenvalue weighted by molar-refractivity contribution is 0.0694. The number of aromatic nitrogens is 5. The number of likely N-dealkylation sites (tertiary alicyclic amines) is 1. The van der Waals surface area contributed by atoms with Gasteiger partial charge in [0.15, 0.2) is 17.1 Å². The predicted octanol–water partition coefficient (Wildman–Crippen LogP) is 1.64. The van der Waals surface area contributed by atoms with Crippen LogP contribution in [0.2, 0.25) is 0 Å². The lowest BCUT2D eigenvalue weighted by atomic mass is 9.97. The van der Waals surface area contributed by atoms with Crippen LogP contribution in [0.25, 0.3) is 22.5 Å². The molecule has 0 bridgehead atoms. The fourth-order valence-electron chi connectivity index (χ4n) is 4.20. The SMILES string of the molecule is Cn1c(=O)c2[nH]c(C3CCCN(C(=O)c4cc(-c5ccccc5)on4)C3)nc2n(C)c1=O. The van der Waals surface area contributed by atoms with Crippen LogP contribution in [0.1, 0.15) is 35.1 Å². The molecule has 4 aromatic rings. The standard InChI is InChI=1S/C22H22N6O4/c1-26-19-17(21(30)27(2)22(26)31)23-18(24-19)14-9-6-10-28(12-14)20(29)15-11-16(32-25-15)13-7-4-3-5-8-13/h3-5,7-8,11,14H,6,9-10,12H2,1-2H3,(H,23,24). The normalized spacial score (nSPS) is 16.6. The zero-order valence-corrected chi connectivity index (χ0v) is 17.7. The lowest BCUT2D eigenvalue weighted by Crippen LogP contribution is -2.39. The Morgan fingerprint density at radius 3 is 2.72 bits per heavy atom. The number of nitrogens with zero attached hydrogens (tertiary/aromatic N) is 5. The van der Waals surface area contributed by atoms with Gasteiger partial charge in [-0.2, -0.15) is 0 Å². The van der Waals surface area contributed by atoms with Gasteiger partial charge in [-0.1, -0.05) is 35.5 Å². The highest BCUT2D eigenvalue weighted by Crippen LogP contribution is 2.27. The number of carbonyl (C=O) groups is 1. The molecule has 0 aliphatic carbocycles. The van der Waals surface area contributed by atoms with Crippen molar-refractivity contribution in [3.63, 3.8) is 0 Å². The Morgan fingerprint density at radius 2 is 1.94 bits per heavy atom. The smallest absolute Gasteiger partial charge is 0.332 e. The number of piperidine rings is 1. The first kappa shape index (κ1) is 20.0. The van der Waals surface area contributed by atoms with Crippen molar-refractivity contribution < 1.29 is 9.32 Å². The summed E-state index contributed by atoms with van der Waals surface area (Å²) in [6.45, 7) is 1.03. The van der Waals surface area contributed by atoms with Crippen molar-refractivity contribution in [2.75, 3.05) is 13.1 Å². The Morgan fingerprint density at radius 1 is 1.16 bits per heavy atom. The van der Waals surface area contributed by atoms with Crippen LogP contribution in [0.4, 0.5) is 0 Å². The van der Waals surface area contributed by atoms with Gasteiger partial charge in [-0.3, -0.25) is 18.7 Å². The van der Waals surface area contributed by atoms with E-state index in [-0.39, 0.29) is 23.0 Å². The molecule has 4 heterocycles. The average Bonchev–Trinajstić information content (AvgIpc) is 3.50. The summed E-state index contributed by atoms with van der Waals surface area (Å²) < 4.78 is 7.78. The van der Waals surface area contributed by atoms with Gasteiger partial charge in [0.25, 0.3) is 11.5 Å². The number of aromatic amines is 1. The van der Waals surface area contributed by atoms with E-state index in [2.05, 4.69) is 15.1 Å². The summed E-state index contributed by atoms with van der Waals surface area (Å²) in [6, 6.07) is 11.1. The maximum atomic E-state index is 13.1. The summed E-state index contributed by atoms with van der Waals surface area (Å²) in [4.78, 5) is 47.1. The van der Waals surface area contributed by atoms with Crippen LogP contribution in [0.3, 0.4) is 0 Å². The molecule has 1 aliphatic rings. The van der Waals surface area contributed by atoms with E-state index < -0.39 is 11.2 Å². The van der Waals surface area contributed by atoms with E-state index >= 15 is 0 Å². The summed E-state index contributed by atoms with van der Waals surface area (Å²) in [5, 5.41) is 3.97. The summed E-state index contributed by atoms with van der Waals surface area (Å²) >= 11 is 0. The highest BCUT2D eigenvalue weighted by atomic mass is 16.5. The first-order valence-electron chi connectivity index (χ1n) is 10.4. The van der Waals surface area contributed by atoms with Crippen LogP contribution in [-0.2, 0) is 14.1 Å². The van der Waals surface area contributed by atoms with Gasteiger partial charge < -0.3 is 14.4 Å². The molecule has 1 atom stereocenters. The van der Waals surface area contributed by atoms with E-state index in [0.29, 0.717) is 30.3 Å². The molecule has 10 nitrogen and oxygen atoms in total. The summed E-state index contributed by atoms with van der Waals surface area (Å²) in [5.41, 5.74) is 0.871. The molecule has 1 amide bonds. The summed E-state index contributed by atoms with van der Waals surface area (Å²) in [7, 11) is 3.02. The zero-order valence-electron chi connectivity index (χ0n) is 17.7. The Kier molecular flexibility index (Phi) is 4.76. The number of H-pyrrole nitrogens is 1. The number of hydrogen-bond acceptors (Lipinski definition) is 6. The predicted molar refractivity (Wildman–Crippen MR) is 116 cm³/mol. The molecule has 5 rings (SSSR count). The number of amides is 1. The van der Waals surface area contributed by atoms with E-state index in [1.54, 1.807) is 18.0 Å². The number of hydrogen-bond donors (Lipinski definition) is 1. The third-order valence-electron chi connectivity index (χ3n) is 6.00. The number of imidazole rings is 1. The van der Waals surface area contributed by atoms with Crippen LogP contribution >= 0.6 is 0 Å². The van der Waals surface area contributed by atoms with Crippen molar-refractivity contribution in [1.29, 1.82) is 0 Å². The molecule has 3 aromatic heterocycles. The molecule has 164 valence electrons. The van der Waals surface area contributed by atoms with Gasteiger partial charge in [0.2, 0.25) is 0 Å². The molecule has 1 N–H and O–H groups in total. The maximum Gasteiger partial charge on any atom is 0.332 e. The van der Waals surface area contributed by atoms with E-state index in [1.807, 2.05) is 30.3 Å². The quantitative estimate of drug-likeness (QED) is 0.524.